The first-order valence-electron chi connectivity index (χ1n) is 12.3. The highest BCUT2D eigenvalue weighted by Crippen LogP contribution is 2.63. The minimum absolute atomic E-state index is 0.181. The number of Topliss-reactive ketones (excluding diaryl/α,β-unsaturated/α-hetero) is 1. The summed E-state index contributed by atoms with van der Waals surface area (Å²) in [6, 6.07) is 0. The Hall–Kier alpha value is -0.750. The van der Waals surface area contributed by atoms with E-state index in [0.29, 0.717) is 16.7 Å². The SMILES string of the molecule is C[C@H]1CC[C@@H]2C3CC[C@@]4(C)C(CCC[C@@H]4C(=O)CS/C(=N/N)N(C)N)[C@@H]3CC[C@@H]2C1. The highest BCUT2D eigenvalue weighted by Gasteiger charge is 2.56. The summed E-state index contributed by atoms with van der Waals surface area (Å²) in [5.74, 6) is 17.6. The lowest BCUT2D eigenvalue weighted by atomic mass is 9.44. The Morgan fingerprint density at radius 2 is 1.87 bits per heavy atom. The Labute approximate surface area is 187 Å². The molecule has 0 amide bonds. The molecule has 0 aromatic heterocycles. The van der Waals surface area contributed by atoms with E-state index >= 15 is 0 Å². The third-order valence-corrected chi connectivity index (χ3v) is 10.7. The van der Waals surface area contributed by atoms with Gasteiger partial charge in [-0.3, -0.25) is 9.80 Å². The summed E-state index contributed by atoms with van der Waals surface area (Å²) >= 11 is 1.38. The number of rotatable bonds is 3. The van der Waals surface area contributed by atoms with Crippen LogP contribution in [0.3, 0.4) is 0 Å². The lowest BCUT2D eigenvalue weighted by Gasteiger charge is -2.60. The Kier molecular flexibility index (Phi) is 6.74. The minimum Gasteiger partial charge on any atom is -0.321 e. The molecular weight excluding hydrogens is 392 g/mol. The molecule has 8 atom stereocenters. The Morgan fingerprint density at radius 1 is 1.10 bits per heavy atom. The highest BCUT2D eigenvalue weighted by atomic mass is 32.2. The zero-order chi connectivity index (χ0) is 21.5. The van der Waals surface area contributed by atoms with Gasteiger partial charge in [0.05, 0.1) is 5.75 Å². The first-order chi connectivity index (χ1) is 14.3. The molecule has 4 aliphatic carbocycles. The van der Waals surface area contributed by atoms with E-state index in [2.05, 4.69) is 18.9 Å². The number of nitrogens with two attached hydrogens (primary N) is 2. The molecule has 4 fully saturated rings. The Morgan fingerprint density at radius 3 is 2.60 bits per heavy atom. The van der Waals surface area contributed by atoms with E-state index in [4.69, 9.17) is 11.7 Å². The number of ketones is 1. The van der Waals surface area contributed by atoms with Gasteiger partial charge >= 0.3 is 0 Å². The number of hydrogen-bond donors (Lipinski definition) is 2. The second-order valence-electron chi connectivity index (χ2n) is 11.2. The second-order valence-corrected chi connectivity index (χ2v) is 12.1. The van der Waals surface area contributed by atoms with E-state index in [-0.39, 0.29) is 11.3 Å². The average molecular weight is 435 g/mol. The summed E-state index contributed by atoms with van der Waals surface area (Å²) in [5, 5.41) is 5.65. The Bertz CT molecular complexity index is 668. The molecule has 170 valence electrons. The topological polar surface area (TPSA) is 84.7 Å². The standard InChI is InChI=1S/C24H42N4OS/c1-15-7-9-17-16(13-15)8-10-19-18(17)11-12-24(2)20(19)5-4-6-21(24)22(29)14-30-23(27-25)28(3)26/h15-21H,4-14,25-26H2,1-3H3/b27-23+/t15-,16+,17-,18?,19+,20?,21+,24-/m0/s1. The monoisotopic (exact) mass is 434 g/mol. The number of carbonyl (C=O) groups excluding carboxylic acids is 1. The van der Waals surface area contributed by atoms with Crippen LogP contribution in [0.4, 0.5) is 0 Å². The smallest absolute Gasteiger partial charge is 0.196 e. The number of hydrogen-bond acceptors (Lipinski definition) is 5. The number of amidine groups is 1. The van der Waals surface area contributed by atoms with Crippen molar-refractivity contribution in [3.8, 4) is 0 Å². The van der Waals surface area contributed by atoms with E-state index in [1.807, 2.05) is 0 Å². The van der Waals surface area contributed by atoms with Gasteiger partial charge in [-0.25, -0.2) is 5.84 Å². The van der Waals surface area contributed by atoms with Crippen molar-refractivity contribution < 1.29 is 4.79 Å². The molecular formula is C24H42N4OS. The predicted octanol–water partition coefficient (Wildman–Crippen LogP) is 4.62. The van der Waals surface area contributed by atoms with Crippen LogP contribution in [0.1, 0.15) is 78.1 Å². The van der Waals surface area contributed by atoms with Crippen LogP contribution in [0.25, 0.3) is 0 Å². The van der Waals surface area contributed by atoms with Crippen molar-refractivity contribution in [3.63, 3.8) is 0 Å². The number of nitrogens with zero attached hydrogens (tertiary/aromatic N) is 2. The molecule has 0 bridgehead atoms. The molecule has 0 heterocycles. The van der Waals surface area contributed by atoms with E-state index in [9.17, 15) is 4.79 Å². The number of fused-ring (bicyclic) bond motifs is 5. The molecule has 0 aliphatic heterocycles. The zero-order valence-electron chi connectivity index (χ0n) is 19.2. The minimum atomic E-state index is 0.181. The second kappa shape index (κ2) is 9.01. The van der Waals surface area contributed by atoms with Crippen LogP contribution in [-0.2, 0) is 4.79 Å². The van der Waals surface area contributed by atoms with Crippen molar-refractivity contribution in [3.05, 3.63) is 0 Å². The van der Waals surface area contributed by atoms with Gasteiger partial charge in [0.25, 0.3) is 0 Å². The van der Waals surface area contributed by atoms with Crippen LogP contribution in [0.2, 0.25) is 0 Å². The quantitative estimate of drug-likeness (QED) is 0.293. The maximum absolute atomic E-state index is 13.3. The molecule has 0 radical (unpaired) electrons. The third kappa shape index (κ3) is 4.03. The molecule has 0 aromatic carbocycles. The van der Waals surface area contributed by atoms with Gasteiger partial charge in [-0.05, 0) is 92.3 Å². The van der Waals surface area contributed by atoms with Crippen LogP contribution in [0.5, 0.6) is 0 Å². The molecule has 0 saturated heterocycles. The third-order valence-electron chi connectivity index (χ3n) is 9.60. The molecule has 6 heteroatoms. The molecule has 4 N–H and O–H groups in total. The van der Waals surface area contributed by atoms with Crippen LogP contribution in [0.15, 0.2) is 5.10 Å². The van der Waals surface area contributed by atoms with Crippen molar-refractivity contribution in [1.29, 1.82) is 0 Å². The fraction of sp³-hybridized carbons (Fsp3) is 0.917. The predicted molar refractivity (Wildman–Crippen MR) is 125 cm³/mol. The van der Waals surface area contributed by atoms with Gasteiger partial charge in [0, 0.05) is 13.0 Å². The van der Waals surface area contributed by atoms with Gasteiger partial charge in [-0.1, -0.05) is 38.5 Å². The van der Waals surface area contributed by atoms with Crippen LogP contribution < -0.4 is 11.7 Å². The molecule has 0 aromatic rings. The molecule has 4 aliphatic rings. The summed E-state index contributed by atoms with van der Waals surface area (Å²) in [5.41, 5.74) is 0.181. The number of hydrazone groups is 1. The molecule has 5 nitrogen and oxygen atoms in total. The maximum Gasteiger partial charge on any atom is 0.196 e. The molecule has 0 spiro atoms. The van der Waals surface area contributed by atoms with E-state index < -0.39 is 0 Å². The highest BCUT2D eigenvalue weighted by molar-refractivity contribution is 8.14. The van der Waals surface area contributed by atoms with Gasteiger partial charge in [0.2, 0.25) is 0 Å². The van der Waals surface area contributed by atoms with E-state index in [1.54, 1.807) is 7.05 Å². The van der Waals surface area contributed by atoms with Gasteiger partial charge in [0.1, 0.15) is 5.78 Å². The number of hydrazine groups is 1. The van der Waals surface area contributed by atoms with Crippen molar-refractivity contribution in [2.45, 2.75) is 78.1 Å². The summed E-state index contributed by atoms with van der Waals surface area (Å²) in [6.07, 6.45) is 13.4. The largest absolute Gasteiger partial charge is 0.321 e. The number of carbonyl (C=O) groups is 1. The molecule has 30 heavy (non-hydrogen) atoms. The maximum atomic E-state index is 13.3. The fourth-order valence-corrected chi connectivity index (χ4v) is 9.03. The van der Waals surface area contributed by atoms with Crippen LogP contribution in [-0.4, -0.2) is 28.8 Å². The van der Waals surface area contributed by atoms with Crippen LogP contribution in [0, 0.1) is 46.8 Å². The molecule has 2 unspecified atom stereocenters. The van der Waals surface area contributed by atoms with Crippen molar-refractivity contribution >= 4 is 22.7 Å². The first-order valence-corrected chi connectivity index (χ1v) is 13.3. The van der Waals surface area contributed by atoms with E-state index in [0.717, 1.165) is 41.9 Å². The van der Waals surface area contributed by atoms with Gasteiger partial charge in [0.15, 0.2) is 5.17 Å². The van der Waals surface area contributed by atoms with E-state index in [1.165, 1.54) is 74.6 Å². The van der Waals surface area contributed by atoms with Gasteiger partial charge in [-0.15, -0.1) is 0 Å². The van der Waals surface area contributed by atoms with Crippen molar-refractivity contribution in [2.24, 2.45) is 63.6 Å². The van der Waals surface area contributed by atoms with Crippen molar-refractivity contribution in [2.75, 3.05) is 12.8 Å². The summed E-state index contributed by atoms with van der Waals surface area (Å²) < 4.78 is 0. The Balaban J connectivity index is 1.46. The fourth-order valence-electron chi connectivity index (χ4n) is 8.28. The van der Waals surface area contributed by atoms with Crippen molar-refractivity contribution in [1.82, 2.24) is 5.01 Å². The lowest BCUT2D eigenvalue weighted by molar-refractivity contribution is -0.141. The zero-order valence-corrected chi connectivity index (χ0v) is 20.0. The summed E-state index contributed by atoms with van der Waals surface area (Å²) in [4.78, 5) is 13.3. The average Bonchev–Trinajstić information content (AvgIpc) is 2.72. The summed E-state index contributed by atoms with van der Waals surface area (Å²) in [6.45, 7) is 4.92. The lowest BCUT2D eigenvalue weighted by Crippen LogP contribution is -2.54. The normalized spacial score (nSPS) is 43.9. The van der Waals surface area contributed by atoms with Gasteiger partial charge in [-0.2, -0.15) is 5.10 Å². The first kappa shape index (κ1) is 22.4. The van der Waals surface area contributed by atoms with Crippen LogP contribution >= 0.6 is 11.8 Å². The number of thioether (sulfide) groups is 1. The molecule has 4 rings (SSSR count). The molecule has 4 saturated carbocycles. The summed E-state index contributed by atoms with van der Waals surface area (Å²) in [7, 11) is 1.71. The van der Waals surface area contributed by atoms with Gasteiger partial charge < -0.3 is 5.84 Å².